The summed E-state index contributed by atoms with van der Waals surface area (Å²) in [6, 6.07) is 46.1. The molecule has 5 aromatic rings. The molecule has 0 aliphatic carbocycles. The average Bonchev–Trinajstić information content (AvgIpc) is 3.02. The smallest absolute Gasteiger partial charge is 0.183 e. The Morgan fingerprint density at radius 2 is 1.07 bits per heavy atom. The third kappa shape index (κ3) is 6.26. The van der Waals surface area contributed by atoms with Crippen molar-refractivity contribution in [2.24, 2.45) is 5.41 Å². The summed E-state index contributed by atoms with van der Waals surface area (Å²) in [6.45, 7) is 5.68. The van der Waals surface area contributed by atoms with Gasteiger partial charge in [0.25, 0.3) is 0 Å². The van der Waals surface area contributed by atoms with Gasteiger partial charge in [-0.2, -0.15) is 0 Å². The summed E-state index contributed by atoms with van der Waals surface area (Å²) in [7, 11) is 0. The van der Waals surface area contributed by atoms with E-state index in [1.165, 1.54) is 0 Å². The molecule has 41 heavy (non-hydrogen) atoms. The SMILES string of the molecule is CC1(C)COC(c2ccc(C#Cc3ccc(-c4ccccc4N(c4ccccc4)c4ccccc4)cc3)cc2)OC1. The molecule has 1 aliphatic heterocycles. The minimum absolute atomic E-state index is 0.0582. The van der Waals surface area contributed by atoms with Gasteiger partial charge in [-0.3, -0.25) is 0 Å². The standard InChI is InChI=1S/C38H33NO2/c1-38(2)27-40-37(41-28-38)32-25-21-30(22-26-32)18-17-29-19-23-31(24-20-29)35-15-9-10-16-36(35)39(33-11-5-3-6-12-33)34-13-7-4-8-14-34/h3-16,19-26,37H,27-28H2,1-2H3. The third-order valence-electron chi connectivity index (χ3n) is 7.15. The van der Waals surface area contributed by atoms with Gasteiger partial charge in [-0.25, -0.2) is 0 Å². The Morgan fingerprint density at radius 3 is 1.63 bits per heavy atom. The fourth-order valence-corrected chi connectivity index (χ4v) is 4.98. The Balaban J connectivity index is 1.23. The summed E-state index contributed by atoms with van der Waals surface area (Å²) in [4.78, 5) is 2.30. The fourth-order valence-electron chi connectivity index (χ4n) is 4.98. The van der Waals surface area contributed by atoms with Gasteiger partial charge in [0.05, 0.1) is 18.9 Å². The number of anilines is 3. The fraction of sp³-hybridized carbons (Fsp3) is 0.158. The Morgan fingerprint density at radius 1 is 0.585 bits per heavy atom. The molecule has 1 saturated heterocycles. The lowest BCUT2D eigenvalue weighted by Crippen LogP contribution is -2.33. The van der Waals surface area contributed by atoms with Gasteiger partial charge < -0.3 is 14.4 Å². The zero-order chi connectivity index (χ0) is 28.1. The van der Waals surface area contributed by atoms with Crippen LogP contribution >= 0.6 is 0 Å². The molecular weight excluding hydrogens is 502 g/mol. The highest BCUT2D eigenvalue weighted by atomic mass is 16.7. The summed E-state index contributed by atoms with van der Waals surface area (Å²) < 4.78 is 11.8. The van der Waals surface area contributed by atoms with E-state index >= 15 is 0 Å². The van der Waals surface area contributed by atoms with E-state index in [1.807, 2.05) is 36.4 Å². The first kappa shape index (κ1) is 26.6. The second-order valence-electron chi connectivity index (χ2n) is 11.1. The molecule has 0 unspecified atom stereocenters. The van der Waals surface area contributed by atoms with Crippen LogP contribution in [0.25, 0.3) is 11.1 Å². The maximum absolute atomic E-state index is 5.91. The normalized spacial score (nSPS) is 14.6. The van der Waals surface area contributed by atoms with Gasteiger partial charge in [0, 0.05) is 39.0 Å². The lowest BCUT2D eigenvalue weighted by Gasteiger charge is -2.34. The Bertz CT molecular complexity index is 1600. The van der Waals surface area contributed by atoms with Crippen LogP contribution in [-0.4, -0.2) is 13.2 Å². The summed E-state index contributed by atoms with van der Waals surface area (Å²) in [5, 5.41) is 0. The van der Waals surface area contributed by atoms with Crippen LogP contribution in [0.5, 0.6) is 0 Å². The van der Waals surface area contributed by atoms with Gasteiger partial charge >= 0.3 is 0 Å². The van der Waals surface area contributed by atoms with Gasteiger partial charge in [0.1, 0.15) is 0 Å². The van der Waals surface area contributed by atoms with Crippen molar-refractivity contribution in [3.8, 4) is 23.0 Å². The van der Waals surface area contributed by atoms with E-state index in [0.717, 1.165) is 44.9 Å². The van der Waals surface area contributed by atoms with Crippen LogP contribution < -0.4 is 4.90 Å². The molecule has 202 valence electrons. The zero-order valence-electron chi connectivity index (χ0n) is 23.5. The van der Waals surface area contributed by atoms with Crippen molar-refractivity contribution in [3.63, 3.8) is 0 Å². The van der Waals surface area contributed by atoms with E-state index in [2.05, 4.69) is 128 Å². The van der Waals surface area contributed by atoms with Crippen LogP contribution in [0.2, 0.25) is 0 Å². The molecule has 0 aromatic heterocycles. The van der Waals surface area contributed by atoms with E-state index < -0.39 is 0 Å². The van der Waals surface area contributed by atoms with E-state index in [0.29, 0.717) is 13.2 Å². The largest absolute Gasteiger partial charge is 0.348 e. The molecule has 0 bridgehead atoms. The number of benzene rings is 5. The number of hydrogen-bond acceptors (Lipinski definition) is 3. The molecule has 0 atom stereocenters. The Hall–Kier alpha value is -4.62. The highest BCUT2D eigenvalue weighted by molar-refractivity contribution is 5.88. The van der Waals surface area contributed by atoms with E-state index in [-0.39, 0.29) is 11.7 Å². The predicted octanol–water partition coefficient (Wildman–Crippen LogP) is 9.29. The second-order valence-corrected chi connectivity index (χ2v) is 11.1. The molecule has 0 spiro atoms. The lowest BCUT2D eigenvalue weighted by atomic mass is 9.95. The number of ether oxygens (including phenoxy) is 2. The van der Waals surface area contributed by atoms with Gasteiger partial charge in [0.2, 0.25) is 0 Å². The van der Waals surface area contributed by atoms with Gasteiger partial charge in [-0.15, -0.1) is 0 Å². The molecule has 0 radical (unpaired) electrons. The van der Waals surface area contributed by atoms with Crippen molar-refractivity contribution in [2.45, 2.75) is 20.1 Å². The molecule has 3 heteroatoms. The van der Waals surface area contributed by atoms with E-state index in [4.69, 9.17) is 9.47 Å². The highest BCUT2D eigenvalue weighted by Gasteiger charge is 2.29. The minimum Gasteiger partial charge on any atom is -0.348 e. The van der Waals surface area contributed by atoms with Crippen molar-refractivity contribution in [1.82, 2.24) is 0 Å². The van der Waals surface area contributed by atoms with Crippen LogP contribution in [0.4, 0.5) is 17.1 Å². The number of para-hydroxylation sites is 3. The molecule has 6 rings (SSSR count). The van der Waals surface area contributed by atoms with E-state index in [9.17, 15) is 0 Å². The van der Waals surface area contributed by atoms with Crippen molar-refractivity contribution < 1.29 is 9.47 Å². The van der Waals surface area contributed by atoms with Crippen LogP contribution in [0.15, 0.2) is 133 Å². The zero-order valence-corrected chi connectivity index (χ0v) is 23.5. The van der Waals surface area contributed by atoms with Crippen molar-refractivity contribution in [1.29, 1.82) is 0 Å². The monoisotopic (exact) mass is 535 g/mol. The Labute approximate surface area is 243 Å². The van der Waals surface area contributed by atoms with Crippen molar-refractivity contribution in [2.75, 3.05) is 18.1 Å². The summed E-state index contributed by atoms with van der Waals surface area (Å²) in [6.07, 6.45) is -0.305. The first-order valence-electron chi connectivity index (χ1n) is 14.0. The van der Waals surface area contributed by atoms with Gasteiger partial charge in [-0.05, 0) is 60.2 Å². The van der Waals surface area contributed by atoms with Crippen molar-refractivity contribution in [3.05, 3.63) is 150 Å². The Kier molecular flexibility index (Phi) is 7.69. The number of rotatable bonds is 5. The molecule has 0 saturated carbocycles. The first-order valence-corrected chi connectivity index (χ1v) is 14.0. The summed E-state index contributed by atoms with van der Waals surface area (Å²) >= 11 is 0. The van der Waals surface area contributed by atoms with Crippen LogP contribution in [0.1, 0.15) is 36.8 Å². The van der Waals surface area contributed by atoms with Crippen LogP contribution in [0, 0.1) is 17.3 Å². The molecule has 1 heterocycles. The van der Waals surface area contributed by atoms with Gasteiger partial charge in [-0.1, -0.05) is 105 Å². The van der Waals surface area contributed by atoms with Crippen molar-refractivity contribution >= 4 is 17.1 Å². The maximum atomic E-state index is 5.91. The average molecular weight is 536 g/mol. The summed E-state index contributed by atoms with van der Waals surface area (Å²) in [5.74, 6) is 6.61. The molecule has 1 fully saturated rings. The molecule has 5 aromatic carbocycles. The highest BCUT2D eigenvalue weighted by Crippen LogP contribution is 2.40. The third-order valence-corrected chi connectivity index (χ3v) is 7.15. The van der Waals surface area contributed by atoms with Crippen LogP contribution in [-0.2, 0) is 9.47 Å². The molecule has 1 aliphatic rings. The predicted molar refractivity (Wildman–Crippen MR) is 167 cm³/mol. The van der Waals surface area contributed by atoms with Crippen LogP contribution in [0.3, 0.4) is 0 Å². The molecule has 0 N–H and O–H groups in total. The van der Waals surface area contributed by atoms with Gasteiger partial charge in [0.15, 0.2) is 6.29 Å². The molecular formula is C38H33NO2. The first-order chi connectivity index (χ1) is 20.1. The number of hydrogen-bond donors (Lipinski definition) is 0. The summed E-state index contributed by atoms with van der Waals surface area (Å²) in [5.41, 5.74) is 8.67. The lowest BCUT2D eigenvalue weighted by molar-refractivity contribution is -0.226. The maximum Gasteiger partial charge on any atom is 0.183 e. The topological polar surface area (TPSA) is 21.7 Å². The van der Waals surface area contributed by atoms with E-state index in [1.54, 1.807) is 0 Å². The quantitative estimate of drug-likeness (QED) is 0.209. The second kappa shape index (κ2) is 11.9. The minimum atomic E-state index is -0.305. The molecule has 3 nitrogen and oxygen atoms in total. The number of nitrogens with zero attached hydrogens (tertiary/aromatic N) is 1. The molecule has 0 amide bonds.